The van der Waals surface area contributed by atoms with Crippen LogP contribution in [0.3, 0.4) is 0 Å². The average Bonchev–Trinajstić information content (AvgIpc) is 2.26. The Balaban J connectivity index is 4.99. The van der Waals surface area contributed by atoms with E-state index < -0.39 is 22.9 Å². The van der Waals surface area contributed by atoms with Crippen LogP contribution in [0.1, 0.15) is 53.9 Å². The van der Waals surface area contributed by atoms with Crippen molar-refractivity contribution in [2.75, 3.05) is 0 Å². The quantitative estimate of drug-likeness (QED) is 0.545. The van der Waals surface area contributed by atoms with E-state index in [2.05, 4.69) is 4.89 Å². The Kier molecular flexibility index (Phi) is 5.42. The fraction of sp³-hybridized carbons (Fsp3) is 0.917. The topological polar surface area (TPSA) is 66.8 Å². The summed E-state index contributed by atoms with van der Waals surface area (Å²) in [6, 6.07) is 0. The predicted octanol–water partition coefficient (Wildman–Crippen LogP) is 2.61. The highest BCUT2D eigenvalue weighted by atomic mass is 17.1. The van der Waals surface area contributed by atoms with Gasteiger partial charge in [0.15, 0.2) is 0 Å². The van der Waals surface area contributed by atoms with Crippen LogP contribution in [0.5, 0.6) is 0 Å². The smallest absolute Gasteiger partial charge is 0.348 e. The van der Waals surface area contributed by atoms with Gasteiger partial charge in [-0.2, -0.15) is 5.26 Å². The van der Waals surface area contributed by atoms with Crippen LogP contribution in [0.4, 0.5) is 0 Å². The Morgan fingerprint density at radius 1 is 1.31 bits per heavy atom. The van der Waals surface area contributed by atoms with Crippen molar-refractivity contribution in [2.45, 2.75) is 60.0 Å². The maximum atomic E-state index is 11.6. The molecule has 0 bridgehead atoms. The van der Waals surface area contributed by atoms with Crippen LogP contribution in [-0.4, -0.2) is 22.4 Å². The van der Waals surface area contributed by atoms with Crippen LogP contribution >= 0.6 is 0 Å². The van der Waals surface area contributed by atoms with Gasteiger partial charge in [-0.3, -0.25) is 0 Å². The number of hydrogen-bond acceptors (Lipinski definition) is 4. The molecule has 0 spiro atoms. The molecule has 0 fully saturated rings. The highest BCUT2D eigenvalue weighted by Gasteiger charge is 2.47. The van der Waals surface area contributed by atoms with Crippen molar-refractivity contribution in [3.8, 4) is 0 Å². The maximum Gasteiger partial charge on any atom is 0.348 e. The van der Waals surface area contributed by atoms with Gasteiger partial charge in [0.2, 0.25) is 0 Å². The summed E-state index contributed by atoms with van der Waals surface area (Å²) in [6.07, 6.45) is 1.46. The van der Waals surface area contributed by atoms with Crippen molar-refractivity contribution in [2.24, 2.45) is 10.8 Å². The lowest BCUT2D eigenvalue weighted by Crippen LogP contribution is -2.44. The molecular weight excluding hydrogens is 208 g/mol. The van der Waals surface area contributed by atoms with E-state index in [-0.39, 0.29) is 0 Å². The van der Waals surface area contributed by atoms with Crippen LogP contribution in [0.15, 0.2) is 0 Å². The summed E-state index contributed by atoms with van der Waals surface area (Å²) < 4.78 is 0. The van der Waals surface area contributed by atoms with Gasteiger partial charge in [0.1, 0.15) is 0 Å². The van der Waals surface area contributed by atoms with E-state index in [1.165, 1.54) is 0 Å². The first-order chi connectivity index (χ1) is 7.25. The summed E-state index contributed by atoms with van der Waals surface area (Å²) in [5.41, 5.74) is -1.23. The molecule has 0 aromatic heterocycles. The molecule has 0 aliphatic rings. The minimum absolute atomic E-state index is 0.401. The van der Waals surface area contributed by atoms with Crippen molar-refractivity contribution in [3.63, 3.8) is 0 Å². The molecule has 4 nitrogen and oxygen atoms in total. The number of rotatable bonds is 6. The third kappa shape index (κ3) is 2.95. The molecule has 4 heteroatoms. The van der Waals surface area contributed by atoms with E-state index in [0.717, 1.165) is 6.42 Å². The Labute approximate surface area is 97.5 Å². The zero-order chi connectivity index (χ0) is 13.0. The molecule has 0 aromatic carbocycles. The highest BCUT2D eigenvalue weighted by Crippen LogP contribution is 2.46. The molecule has 16 heavy (non-hydrogen) atoms. The maximum absolute atomic E-state index is 11.6. The molecule has 0 aliphatic heterocycles. The zero-order valence-electron chi connectivity index (χ0n) is 10.9. The summed E-state index contributed by atoms with van der Waals surface area (Å²) in [5, 5.41) is 18.2. The monoisotopic (exact) mass is 232 g/mol. The number of hydrogen-bond donors (Lipinski definition) is 2. The molecular formula is C12H24O4. The summed E-state index contributed by atoms with van der Waals surface area (Å²) in [4.78, 5) is 15.4. The minimum atomic E-state index is -0.827. The zero-order valence-corrected chi connectivity index (χ0v) is 10.9. The molecule has 2 unspecified atom stereocenters. The molecule has 0 saturated heterocycles. The molecule has 0 aromatic rings. The fourth-order valence-corrected chi connectivity index (χ4v) is 1.87. The standard InChI is InChI=1S/C12H24O4/c1-6-9(13)8-12(5,7-2)11(3,4)10(14)16-15/h9,13,15H,6-8H2,1-5H3. The lowest BCUT2D eigenvalue weighted by atomic mass is 9.62. The third-order valence-corrected chi connectivity index (χ3v) is 4.04. The molecule has 0 saturated carbocycles. The van der Waals surface area contributed by atoms with Gasteiger partial charge < -0.3 is 9.99 Å². The van der Waals surface area contributed by atoms with Crippen LogP contribution in [0, 0.1) is 10.8 Å². The molecule has 96 valence electrons. The average molecular weight is 232 g/mol. The second-order valence-electron chi connectivity index (χ2n) is 5.18. The van der Waals surface area contributed by atoms with Crippen molar-refractivity contribution in [1.82, 2.24) is 0 Å². The van der Waals surface area contributed by atoms with Crippen molar-refractivity contribution in [3.05, 3.63) is 0 Å². The van der Waals surface area contributed by atoms with Crippen LogP contribution in [-0.2, 0) is 9.68 Å². The Morgan fingerprint density at radius 2 is 1.81 bits per heavy atom. The first-order valence-corrected chi connectivity index (χ1v) is 5.79. The van der Waals surface area contributed by atoms with Gasteiger partial charge >= 0.3 is 5.97 Å². The minimum Gasteiger partial charge on any atom is -0.393 e. The lowest BCUT2D eigenvalue weighted by molar-refractivity contribution is -0.250. The molecule has 2 N–H and O–H groups in total. The summed E-state index contributed by atoms with van der Waals surface area (Å²) >= 11 is 0. The van der Waals surface area contributed by atoms with Crippen molar-refractivity contribution in [1.29, 1.82) is 0 Å². The van der Waals surface area contributed by atoms with E-state index in [9.17, 15) is 9.90 Å². The first-order valence-electron chi connectivity index (χ1n) is 5.79. The van der Waals surface area contributed by atoms with Gasteiger partial charge in [-0.1, -0.05) is 20.8 Å². The number of aliphatic hydroxyl groups is 1. The van der Waals surface area contributed by atoms with Crippen LogP contribution < -0.4 is 0 Å². The Hall–Kier alpha value is -0.610. The number of carbonyl (C=O) groups excluding carboxylic acids is 1. The normalized spacial score (nSPS) is 17.7. The lowest BCUT2D eigenvalue weighted by Gasteiger charge is -2.42. The third-order valence-electron chi connectivity index (χ3n) is 4.04. The van der Waals surface area contributed by atoms with Crippen LogP contribution in [0.25, 0.3) is 0 Å². The SMILES string of the molecule is CCC(O)CC(C)(CC)C(C)(C)C(=O)OO. The van der Waals surface area contributed by atoms with Gasteiger partial charge in [0, 0.05) is 0 Å². The molecule has 0 radical (unpaired) electrons. The molecule has 0 amide bonds. The van der Waals surface area contributed by atoms with Gasteiger partial charge in [0.05, 0.1) is 11.5 Å². The summed E-state index contributed by atoms with van der Waals surface area (Å²) in [6.45, 7) is 9.27. The summed E-state index contributed by atoms with van der Waals surface area (Å²) in [7, 11) is 0. The molecule has 0 aliphatic carbocycles. The largest absolute Gasteiger partial charge is 0.393 e. The van der Waals surface area contributed by atoms with Crippen molar-refractivity contribution >= 4 is 5.97 Å². The van der Waals surface area contributed by atoms with Crippen LogP contribution in [0.2, 0.25) is 0 Å². The van der Waals surface area contributed by atoms with E-state index in [1.807, 2.05) is 20.8 Å². The molecule has 0 rings (SSSR count). The summed E-state index contributed by atoms with van der Waals surface area (Å²) in [5.74, 6) is -0.653. The van der Waals surface area contributed by atoms with Gasteiger partial charge in [0.25, 0.3) is 0 Å². The second kappa shape index (κ2) is 5.64. The number of aliphatic hydroxyl groups excluding tert-OH is 1. The van der Waals surface area contributed by atoms with Gasteiger partial charge in [-0.05, 0) is 38.5 Å². The van der Waals surface area contributed by atoms with E-state index in [4.69, 9.17) is 5.26 Å². The highest BCUT2D eigenvalue weighted by molar-refractivity contribution is 5.76. The van der Waals surface area contributed by atoms with Gasteiger partial charge in [-0.15, -0.1) is 0 Å². The molecule has 0 heterocycles. The van der Waals surface area contributed by atoms with Gasteiger partial charge in [-0.25, -0.2) is 4.79 Å². The first kappa shape index (κ1) is 15.4. The van der Waals surface area contributed by atoms with E-state index >= 15 is 0 Å². The fourth-order valence-electron chi connectivity index (χ4n) is 1.87. The van der Waals surface area contributed by atoms with E-state index in [1.54, 1.807) is 13.8 Å². The Morgan fingerprint density at radius 3 is 2.12 bits per heavy atom. The Bertz CT molecular complexity index is 237. The predicted molar refractivity (Wildman–Crippen MR) is 61.8 cm³/mol. The van der Waals surface area contributed by atoms with Crippen molar-refractivity contribution < 1.29 is 20.0 Å². The second-order valence-corrected chi connectivity index (χ2v) is 5.18. The van der Waals surface area contributed by atoms with E-state index in [0.29, 0.717) is 12.8 Å². The number of carbonyl (C=O) groups is 1. The molecule has 2 atom stereocenters.